The number of nitrogens with zero attached hydrogens (tertiary/aromatic N) is 1. The highest BCUT2D eigenvalue weighted by Crippen LogP contribution is 2.92. The molecule has 3 aliphatic rings. The summed E-state index contributed by atoms with van der Waals surface area (Å²) in [6, 6.07) is 14.0. The predicted octanol–water partition coefficient (Wildman–Crippen LogP) is 4.33. The van der Waals surface area contributed by atoms with Crippen molar-refractivity contribution in [2.75, 3.05) is 0 Å². The molecule has 3 saturated carbocycles. The average Bonchev–Trinajstić information content (AvgIpc) is 3.56. The Balaban J connectivity index is 1.34. The second kappa shape index (κ2) is 6.28. The standard InChI is InChI=1S/C24H25NO3/c26-19-9-11-23(12-10-19)21-15-24(21,23)14-18-5-2-6-20(25-18)17-4-1-3-16(13-17)7-8-22(27)28/h1-8,13,19,21,26H,9-12,14-15H2,(H,27,28)/b8-7+. The van der Waals surface area contributed by atoms with Crippen LogP contribution >= 0.6 is 0 Å². The molecule has 2 atom stereocenters. The van der Waals surface area contributed by atoms with Gasteiger partial charge in [-0.3, -0.25) is 4.98 Å². The molecule has 28 heavy (non-hydrogen) atoms. The van der Waals surface area contributed by atoms with Crippen molar-refractivity contribution in [2.24, 2.45) is 16.7 Å². The Bertz CT molecular complexity index is 958. The second-order valence-electron chi connectivity index (χ2n) is 8.79. The average molecular weight is 375 g/mol. The van der Waals surface area contributed by atoms with Gasteiger partial charge in [-0.1, -0.05) is 24.3 Å². The normalized spacial score (nSPS) is 33.0. The summed E-state index contributed by atoms with van der Waals surface area (Å²) < 4.78 is 0. The van der Waals surface area contributed by atoms with Crippen LogP contribution in [-0.4, -0.2) is 27.3 Å². The van der Waals surface area contributed by atoms with Crippen molar-refractivity contribution >= 4 is 12.0 Å². The molecule has 0 aliphatic heterocycles. The van der Waals surface area contributed by atoms with Gasteiger partial charge in [0.05, 0.1) is 11.8 Å². The lowest BCUT2D eigenvalue weighted by atomic mass is 9.73. The summed E-state index contributed by atoms with van der Waals surface area (Å²) in [5.41, 5.74) is 4.89. The molecule has 4 heteroatoms. The van der Waals surface area contributed by atoms with Crippen molar-refractivity contribution in [1.29, 1.82) is 0 Å². The molecule has 1 spiro atoms. The molecular weight excluding hydrogens is 350 g/mol. The van der Waals surface area contributed by atoms with Crippen molar-refractivity contribution in [3.63, 3.8) is 0 Å². The number of carboxylic acids is 1. The maximum atomic E-state index is 10.7. The Morgan fingerprint density at radius 1 is 1.18 bits per heavy atom. The fourth-order valence-electron chi connectivity index (χ4n) is 5.78. The number of aliphatic hydroxyl groups excluding tert-OH is 1. The number of carboxylic acid groups (broad SMARTS) is 1. The Morgan fingerprint density at radius 3 is 2.71 bits per heavy atom. The third kappa shape index (κ3) is 2.78. The minimum absolute atomic E-state index is 0.0911. The molecule has 0 radical (unpaired) electrons. The molecule has 144 valence electrons. The predicted molar refractivity (Wildman–Crippen MR) is 107 cm³/mol. The quantitative estimate of drug-likeness (QED) is 0.763. The van der Waals surface area contributed by atoms with Crippen molar-refractivity contribution in [1.82, 2.24) is 4.98 Å². The molecule has 1 aromatic carbocycles. The molecule has 2 N–H and O–H groups in total. The highest BCUT2D eigenvalue weighted by molar-refractivity contribution is 5.85. The number of aliphatic hydroxyl groups is 1. The van der Waals surface area contributed by atoms with Gasteiger partial charge in [0.25, 0.3) is 0 Å². The first-order valence-corrected chi connectivity index (χ1v) is 10.2. The van der Waals surface area contributed by atoms with E-state index in [-0.39, 0.29) is 6.10 Å². The van der Waals surface area contributed by atoms with Crippen molar-refractivity contribution < 1.29 is 15.0 Å². The summed E-state index contributed by atoms with van der Waals surface area (Å²) in [5.74, 6) is -0.0974. The monoisotopic (exact) mass is 375 g/mol. The molecule has 2 aromatic rings. The van der Waals surface area contributed by atoms with Crippen LogP contribution < -0.4 is 0 Å². The molecule has 1 aromatic heterocycles. The molecule has 2 unspecified atom stereocenters. The number of rotatable bonds is 5. The summed E-state index contributed by atoms with van der Waals surface area (Å²) in [7, 11) is 0. The number of aliphatic carboxylic acids is 1. The zero-order valence-corrected chi connectivity index (χ0v) is 15.8. The van der Waals surface area contributed by atoms with Crippen LogP contribution in [0.25, 0.3) is 17.3 Å². The molecule has 3 fully saturated rings. The van der Waals surface area contributed by atoms with Crippen LogP contribution in [-0.2, 0) is 11.2 Å². The van der Waals surface area contributed by atoms with E-state index in [9.17, 15) is 9.90 Å². The number of benzene rings is 1. The van der Waals surface area contributed by atoms with E-state index in [0.29, 0.717) is 10.8 Å². The summed E-state index contributed by atoms with van der Waals surface area (Å²) in [5, 5.41) is 18.7. The van der Waals surface area contributed by atoms with Crippen molar-refractivity contribution in [3.8, 4) is 11.3 Å². The maximum absolute atomic E-state index is 10.7. The number of fused-ring (bicyclic) bond motifs is 3. The van der Waals surface area contributed by atoms with Crippen LogP contribution in [0.1, 0.15) is 43.4 Å². The topological polar surface area (TPSA) is 70.4 Å². The first-order chi connectivity index (χ1) is 13.5. The molecule has 0 saturated heterocycles. The molecule has 3 aliphatic carbocycles. The van der Waals surface area contributed by atoms with Gasteiger partial charge in [-0.05, 0) is 85.1 Å². The first-order valence-electron chi connectivity index (χ1n) is 10.2. The first kappa shape index (κ1) is 17.6. The van der Waals surface area contributed by atoms with Crippen LogP contribution in [0.2, 0.25) is 0 Å². The summed E-state index contributed by atoms with van der Waals surface area (Å²) in [6.45, 7) is 0. The summed E-state index contributed by atoms with van der Waals surface area (Å²) in [4.78, 5) is 15.7. The lowest BCUT2D eigenvalue weighted by molar-refractivity contribution is -0.131. The second-order valence-corrected chi connectivity index (χ2v) is 8.79. The van der Waals surface area contributed by atoms with Gasteiger partial charge < -0.3 is 10.2 Å². The fraction of sp³-hybridized carbons (Fsp3) is 0.417. The molecule has 5 rings (SSSR count). The van der Waals surface area contributed by atoms with Gasteiger partial charge in [-0.25, -0.2) is 4.79 Å². The number of carbonyl (C=O) groups is 1. The Hall–Kier alpha value is -2.46. The van der Waals surface area contributed by atoms with Gasteiger partial charge in [0.15, 0.2) is 0 Å². The zero-order chi connectivity index (χ0) is 19.4. The lowest BCUT2D eigenvalue weighted by Gasteiger charge is -2.33. The van der Waals surface area contributed by atoms with Crippen LogP contribution in [0.15, 0.2) is 48.5 Å². The van der Waals surface area contributed by atoms with E-state index in [0.717, 1.165) is 53.8 Å². The third-order valence-corrected chi connectivity index (χ3v) is 7.40. The number of pyridine rings is 1. The van der Waals surface area contributed by atoms with Gasteiger partial charge in [0.1, 0.15) is 0 Å². The minimum atomic E-state index is -0.947. The van der Waals surface area contributed by atoms with Gasteiger partial charge >= 0.3 is 5.97 Å². The van der Waals surface area contributed by atoms with Crippen molar-refractivity contribution in [2.45, 2.75) is 44.6 Å². The highest BCUT2D eigenvalue weighted by atomic mass is 16.4. The van der Waals surface area contributed by atoms with Gasteiger partial charge in [-0.15, -0.1) is 0 Å². The minimum Gasteiger partial charge on any atom is -0.478 e. The molecule has 0 amide bonds. The number of hydrogen-bond acceptors (Lipinski definition) is 3. The smallest absolute Gasteiger partial charge is 0.328 e. The van der Waals surface area contributed by atoms with E-state index in [1.807, 2.05) is 30.3 Å². The van der Waals surface area contributed by atoms with E-state index >= 15 is 0 Å². The molecule has 1 heterocycles. The van der Waals surface area contributed by atoms with Crippen molar-refractivity contribution in [3.05, 3.63) is 59.8 Å². The fourth-order valence-corrected chi connectivity index (χ4v) is 5.78. The van der Waals surface area contributed by atoms with Crippen LogP contribution in [0.4, 0.5) is 0 Å². The highest BCUT2D eigenvalue weighted by Gasteiger charge is 2.86. The molecule has 0 bridgehead atoms. The third-order valence-electron chi connectivity index (χ3n) is 7.40. The van der Waals surface area contributed by atoms with E-state index in [4.69, 9.17) is 10.1 Å². The van der Waals surface area contributed by atoms with Gasteiger partial charge in [0, 0.05) is 17.3 Å². The van der Waals surface area contributed by atoms with E-state index in [1.165, 1.54) is 19.3 Å². The SMILES string of the molecule is O=C(O)/C=C/c1cccc(-c2cccc(CC34CC3C43CCC(O)CC3)n2)c1. The zero-order valence-electron chi connectivity index (χ0n) is 15.8. The Morgan fingerprint density at radius 2 is 1.96 bits per heavy atom. The Labute approximate surface area is 164 Å². The van der Waals surface area contributed by atoms with Crippen LogP contribution in [0.5, 0.6) is 0 Å². The van der Waals surface area contributed by atoms with E-state index in [1.54, 1.807) is 6.08 Å². The summed E-state index contributed by atoms with van der Waals surface area (Å²) >= 11 is 0. The molecular formula is C24H25NO3. The van der Waals surface area contributed by atoms with Gasteiger partial charge in [-0.2, -0.15) is 0 Å². The number of hydrogen-bond donors (Lipinski definition) is 2. The van der Waals surface area contributed by atoms with E-state index in [2.05, 4.69) is 12.1 Å². The lowest BCUT2D eigenvalue weighted by Crippen LogP contribution is -2.27. The number of aromatic nitrogens is 1. The largest absolute Gasteiger partial charge is 0.478 e. The van der Waals surface area contributed by atoms with E-state index < -0.39 is 5.97 Å². The Kier molecular flexibility index (Phi) is 3.95. The molecule has 4 nitrogen and oxygen atoms in total. The van der Waals surface area contributed by atoms with Crippen LogP contribution in [0.3, 0.4) is 0 Å². The maximum Gasteiger partial charge on any atom is 0.328 e. The van der Waals surface area contributed by atoms with Gasteiger partial charge in [0.2, 0.25) is 0 Å². The summed E-state index contributed by atoms with van der Waals surface area (Å²) in [6.07, 6.45) is 9.31. The van der Waals surface area contributed by atoms with Crippen LogP contribution in [0, 0.1) is 16.7 Å².